The van der Waals surface area contributed by atoms with Gasteiger partial charge in [-0.2, -0.15) is 0 Å². The average Bonchev–Trinajstić information content (AvgIpc) is 2.41. The van der Waals surface area contributed by atoms with Crippen LogP contribution in [0.2, 0.25) is 5.02 Å². The van der Waals surface area contributed by atoms with E-state index in [2.05, 4.69) is 4.99 Å². The third-order valence-corrected chi connectivity index (χ3v) is 3.25. The fourth-order valence-electron chi connectivity index (χ4n) is 1.97. The van der Waals surface area contributed by atoms with Gasteiger partial charge in [0.2, 0.25) is 0 Å². The summed E-state index contributed by atoms with van der Waals surface area (Å²) in [6.07, 6.45) is 2.08. The largest absolute Gasteiger partial charge is 0.507 e. The van der Waals surface area contributed by atoms with Gasteiger partial charge in [-0.3, -0.25) is 9.79 Å². The summed E-state index contributed by atoms with van der Waals surface area (Å²) in [7, 11) is 0. The van der Waals surface area contributed by atoms with Crippen molar-refractivity contribution in [1.82, 2.24) is 0 Å². The van der Waals surface area contributed by atoms with E-state index in [0.29, 0.717) is 16.9 Å². The van der Waals surface area contributed by atoms with Crippen LogP contribution in [0, 0.1) is 13.8 Å². The number of phenolic OH excluding ortho intramolecular Hbond substituents is 1. The molecule has 0 aliphatic heterocycles. The summed E-state index contributed by atoms with van der Waals surface area (Å²) >= 11 is 5.91. The van der Waals surface area contributed by atoms with Crippen LogP contribution in [0.25, 0.3) is 0 Å². The molecule has 2 aromatic rings. The third-order valence-electron chi connectivity index (χ3n) is 3.03. The van der Waals surface area contributed by atoms with Crippen LogP contribution in [-0.2, 0) is 0 Å². The van der Waals surface area contributed by atoms with E-state index in [1.165, 1.54) is 12.3 Å². The Kier molecular flexibility index (Phi) is 4.20. The van der Waals surface area contributed by atoms with Crippen molar-refractivity contribution < 1.29 is 9.90 Å². The molecule has 4 heteroatoms. The average molecular weight is 288 g/mol. The lowest BCUT2D eigenvalue weighted by molar-refractivity contribution is 0.112. The number of aliphatic imine (C=N–C) groups is 1. The number of aldehydes is 1. The fraction of sp³-hybridized carbons (Fsp3) is 0.125. The van der Waals surface area contributed by atoms with Crippen LogP contribution in [0.4, 0.5) is 5.69 Å². The molecule has 20 heavy (non-hydrogen) atoms. The standard InChI is InChI=1S/C16H14ClNO2/c1-10-4-3-5-11(2)15(10)18-8-12-6-14(17)7-13(9-19)16(12)20/h3-9,20H,1-2H3. The van der Waals surface area contributed by atoms with Crippen molar-refractivity contribution in [2.75, 3.05) is 0 Å². The summed E-state index contributed by atoms with van der Waals surface area (Å²) in [5, 5.41) is 10.3. The quantitative estimate of drug-likeness (QED) is 0.678. The first-order chi connectivity index (χ1) is 9.52. The summed E-state index contributed by atoms with van der Waals surface area (Å²) in [5.41, 5.74) is 3.50. The summed E-state index contributed by atoms with van der Waals surface area (Å²) in [4.78, 5) is 15.2. The first-order valence-corrected chi connectivity index (χ1v) is 6.48. The van der Waals surface area contributed by atoms with Gasteiger partial charge < -0.3 is 5.11 Å². The van der Waals surface area contributed by atoms with E-state index >= 15 is 0 Å². The number of phenols is 1. The Hall–Kier alpha value is -2.13. The van der Waals surface area contributed by atoms with Gasteiger partial charge in [-0.1, -0.05) is 29.8 Å². The van der Waals surface area contributed by atoms with Gasteiger partial charge in [-0.25, -0.2) is 0 Å². The Morgan fingerprint density at radius 2 is 1.75 bits per heavy atom. The number of hydrogen-bond acceptors (Lipinski definition) is 3. The molecule has 0 aliphatic carbocycles. The monoisotopic (exact) mass is 287 g/mol. The molecule has 1 N–H and O–H groups in total. The van der Waals surface area contributed by atoms with E-state index in [-0.39, 0.29) is 11.3 Å². The molecule has 0 fully saturated rings. The minimum Gasteiger partial charge on any atom is -0.507 e. The van der Waals surface area contributed by atoms with Crippen molar-refractivity contribution in [3.63, 3.8) is 0 Å². The Balaban J connectivity index is 2.47. The fourth-order valence-corrected chi connectivity index (χ4v) is 2.21. The number of aromatic hydroxyl groups is 1. The van der Waals surface area contributed by atoms with Gasteiger partial charge in [-0.15, -0.1) is 0 Å². The van der Waals surface area contributed by atoms with Crippen molar-refractivity contribution >= 4 is 29.8 Å². The van der Waals surface area contributed by atoms with Gasteiger partial charge in [0.1, 0.15) is 5.75 Å². The Bertz CT molecular complexity index is 673. The zero-order valence-electron chi connectivity index (χ0n) is 11.2. The van der Waals surface area contributed by atoms with Crippen LogP contribution in [0.3, 0.4) is 0 Å². The van der Waals surface area contributed by atoms with E-state index in [1.54, 1.807) is 6.07 Å². The summed E-state index contributed by atoms with van der Waals surface area (Å²) in [5.74, 6) is -0.112. The SMILES string of the molecule is Cc1cccc(C)c1N=Cc1cc(Cl)cc(C=O)c1O. The van der Waals surface area contributed by atoms with Crippen LogP contribution >= 0.6 is 11.6 Å². The molecular formula is C16H14ClNO2. The van der Waals surface area contributed by atoms with Gasteiger partial charge in [0.25, 0.3) is 0 Å². The van der Waals surface area contributed by atoms with Crippen LogP contribution < -0.4 is 0 Å². The molecular weight excluding hydrogens is 274 g/mol. The second kappa shape index (κ2) is 5.88. The highest BCUT2D eigenvalue weighted by atomic mass is 35.5. The topological polar surface area (TPSA) is 49.7 Å². The van der Waals surface area contributed by atoms with Crippen molar-refractivity contribution in [3.05, 3.63) is 57.6 Å². The van der Waals surface area contributed by atoms with Crippen molar-refractivity contribution in [1.29, 1.82) is 0 Å². The Morgan fingerprint density at radius 3 is 2.35 bits per heavy atom. The third kappa shape index (κ3) is 2.89. The van der Waals surface area contributed by atoms with Gasteiger partial charge in [-0.05, 0) is 37.1 Å². The minimum atomic E-state index is -0.112. The lowest BCUT2D eigenvalue weighted by atomic mass is 10.1. The number of carbonyl (C=O) groups excluding carboxylic acids is 1. The smallest absolute Gasteiger partial charge is 0.153 e. The molecule has 0 aromatic heterocycles. The van der Waals surface area contributed by atoms with Crippen LogP contribution in [0.1, 0.15) is 27.0 Å². The summed E-state index contributed by atoms with van der Waals surface area (Å²) in [6.45, 7) is 3.93. The first-order valence-electron chi connectivity index (χ1n) is 6.11. The molecule has 0 amide bonds. The predicted octanol–water partition coefficient (Wildman–Crippen LogP) is 4.23. The van der Waals surface area contributed by atoms with E-state index < -0.39 is 0 Å². The van der Waals surface area contributed by atoms with Crippen LogP contribution in [0.5, 0.6) is 5.75 Å². The van der Waals surface area contributed by atoms with E-state index in [4.69, 9.17) is 11.6 Å². The molecule has 0 saturated carbocycles. The molecule has 0 unspecified atom stereocenters. The second-order valence-corrected chi connectivity index (χ2v) is 4.99. The Labute approximate surface area is 122 Å². The molecule has 0 bridgehead atoms. The maximum absolute atomic E-state index is 10.9. The molecule has 2 aromatic carbocycles. The first kappa shape index (κ1) is 14.3. The highest BCUT2D eigenvalue weighted by Gasteiger charge is 2.07. The lowest BCUT2D eigenvalue weighted by Crippen LogP contribution is -1.90. The van der Waals surface area contributed by atoms with Crippen molar-refractivity contribution in [2.45, 2.75) is 13.8 Å². The summed E-state index contributed by atoms with van der Waals surface area (Å²) in [6, 6.07) is 8.88. The number of nitrogens with zero attached hydrogens (tertiary/aromatic N) is 1. The molecule has 0 heterocycles. The van der Waals surface area contributed by atoms with Crippen LogP contribution in [-0.4, -0.2) is 17.6 Å². The highest BCUT2D eigenvalue weighted by Crippen LogP contribution is 2.27. The zero-order valence-corrected chi connectivity index (χ0v) is 12.0. The molecule has 0 spiro atoms. The lowest BCUT2D eigenvalue weighted by Gasteiger charge is -2.05. The molecule has 2 rings (SSSR count). The minimum absolute atomic E-state index is 0.112. The maximum atomic E-state index is 10.9. The molecule has 0 aliphatic rings. The maximum Gasteiger partial charge on any atom is 0.153 e. The van der Waals surface area contributed by atoms with Crippen molar-refractivity contribution in [3.8, 4) is 5.75 Å². The molecule has 0 saturated heterocycles. The van der Waals surface area contributed by atoms with E-state index in [1.807, 2.05) is 32.0 Å². The van der Waals surface area contributed by atoms with Crippen LogP contribution in [0.15, 0.2) is 35.3 Å². The number of benzene rings is 2. The van der Waals surface area contributed by atoms with Gasteiger partial charge in [0, 0.05) is 16.8 Å². The number of rotatable bonds is 3. The van der Waals surface area contributed by atoms with E-state index in [0.717, 1.165) is 16.8 Å². The van der Waals surface area contributed by atoms with Crippen molar-refractivity contribution in [2.24, 2.45) is 4.99 Å². The molecule has 3 nitrogen and oxygen atoms in total. The number of para-hydroxylation sites is 1. The zero-order chi connectivity index (χ0) is 14.7. The van der Waals surface area contributed by atoms with Gasteiger partial charge in [0.05, 0.1) is 11.3 Å². The Morgan fingerprint density at radius 1 is 1.15 bits per heavy atom. The molecule has 0 atom stereocenters. The number of aryl methyl sites for hydroxylation is 2. The molecule has 102 valence electrons. The summed E-state index contributed by atoms with van der Waals surface area (Å²) < 4.78 is 0. The second-order valence-electron chi connectivity index (χ2n) is 4.55. The molecule has 0 radical (unpaired) electrons. The number of halogens is 1. The van der Waals surface area contributed by atoms with Gasteiger partial charge in [0.15, 0.2) is 6.29 Å². The van der Waals surface area contributed by atoms with E-state index in [9.17, 15) is 9.90 Å². The number of carbonyl (C=O) groups is 1. The highest BCUT2D eigenvalue weighted by molar-refractivity contribution is 6.31. The number of hydrogen-bond donors (Lipinski definition) is 1. The van der Waals surface area contributed by atoms with Gasteiger partial charge >= 0.3 is 0 Å². The predicted molar refractivity (Wildman–Crippen MR) is 81.7 cm³/mol. The normalized spacial score (nSPS) is 10.9.